The number of carbonyl (C=O) groups is 1. The van der Waals surface area contributed by atoms with Crippen molar-refractivity contribution in [2.75, 3.05) is 18.4 Å². The van der Waals surface area contributed by atoms with Crippen LogP contribution in [0.2, 0.25) is 5.02 Å². The van der Waals surface area contributed by atoms with E-state index in [1.807, 2.05) is 0 Å². The second kappa shape index (κ2) is 9.73. The van der Waals surface area contributed by atoms with Crippen LogP contribution in [0.4, 0.5) is 32.0 Å². The van der Waals surface area contributed by atoms with Crippen molar-refractivity contribution >= 4 is 40.5 Å². The number of rotatable bonds is 6. The van der Waals surface area contributed by atoms with Crippen molar-refractivity contribution in [3.63, 3.8) is 0 Å². The SMILES string of the molecule is C=C(Cl)CC1(C)CN(CC(=O)Nc2ccc(C(F)(F)F)cc2)N=C1c1ccc(C(F)(F)F)c(Cl)c1. The molecule has 12 heteroatoms. The summed E-state index contributed by atoms with van der Waals surface area (Å²) in [6.45, 7) is 5.38. The van der Waals surface area contributed by atoms with Gasteiger partial charge in [0.2, 0.25) is 5.91 Å². The number of carbonyl (C=O) groups excluding carboxylic acids is 1. The van der Waals surface area contributed by atoms with E-state index in [1.165, 1.54) is 11.1 Å². The smallest absolute Gasteiger partial charge is 0.324 e. The number of hydrogen-bond donors (Lipinski definition) is 1. The predicted octanol–water partition coefficient (Wildman–Crippen LogP) is 7.18. The van der Waals surface area contributed by atoms with E-state index in [0.717, 1.165) is 36.4 Å². The number of nitrogens with zero attached hydrogens (tertiary/aromatic N) is 2. The van der Waals surface area contributed by atoms with Crippen molar-refractivity contribution in [2.24, 2.45) is 10.5 Å². The Balaban J connectivity index is 1.81. The Kier molecular flexibility index (Phi) is 7.48. The van der Waals surface area contributed by atoms with Crippen LogP contribution in [0.25, 0.3) is 0 Å². The highest BCUT2D eigenvalue weighted by atomic mass is 35.5. The quantitative estimate of drug-likeness (QED) is 0.396. The highest BCUT2D eigenvalue weighted by Crippen LogP contribution is 2.40. The standard InChI is InChI=1S/C23H19Cl2F6N3O/c1-13(24)10-21(2)12-34(11-19(35)32-16-6-4-15(5-7-16)22(26,27)28)33-20(21)14-3-8-17(18(25)9-14)23(29,30)31/h3-9H,1,10-12H2,2H3,(H,32,35). The van der Waals surface area contributed by atoms with Crippen LogP contribution in [-0.2, 0) is 17.1 Å². The first-order chi connectivity index (χ1) is 16.1. The molecule has 1 N–H and O–H groups in total. The predicted molar refractivity (Wildman–Crippen MR) is 122 cm³/mol. The van der Waals surface area contributed by atoms with Gasteiger partial charge in [-0.3, -0.25) is 9.80 Å². The van der Waals surface area contributed by atoms with Gasteiger partial charge in [-0.25, -0.2) is 0 Å². The lowest BCUT2D eigenvalue weighted by Gasteiger charge is -2.26. The first kappa shape index (κ1) is 26.9. The number of alkyl halides is 6. The summed E-state index contributed by atoms with van der Waals surface area (Å²) in [6, 6.07) is 7.21. The van der Waals surface area contributed by atoms with Gasteiger partial charge in [0.05, 0.1) is 21.9 Å². The zero-order valence-corrected chi connectivity index (χ0v) is 19.7. The van der Waals surface area contributed by atoms with E-state index in [9.17, 15) is 31.1 Å². The van der Waals surface area contributed by atoms with E-state index in [-0.39, 0.29) is 30.2 Å². The maximum atomic E-state index is 13.1. The lowest BCUT2D eigenvalue weighted by Crippen LogP contribution is -2.34. The van der Waals surface area contributed by atoms with Crippen LogP contribution in [0.15, 0.2) is 59.2 Å². The van der Waals surface area contributed by atoms with Gasteiger partial charge in [0.25, 0.3) is 0 Å². The van der Waals surface area contributed by atoms with Crippen LogP contribution in [0.5, 0.6) is 0 Å². The van der Waals surface area contributed by atoms with Crippen LogP contribution in [0.1, 0.15) is 30.0 Å². The molecule has 2 aromatic carbocycles. The van der Waals surface area contributed by atoms with Crippen molar-refractivity contribution in [2.45, 2.75) is 25.7 Å². The fourth-order valence-electron chi connectivity index (χ4n) is 3.84. The molecule has 0 radical (unpaired) electrons. The van der Waals surface area contributed by atoms with Crippen LogP contribution in [0, 0.1) is 5.41 Å². The van der Waals surface area contributed by atoms with Crippen LogP contribution < -0.4 is 5.32 Å². The lowest BCUT2D eigenvalue weighted by molar-refractivity contribution is -0.138. The summed E-state index contributed by atoms with van der Waals surface area (Å²) in [5.41, 5.74) is -1.77. The number of allylic oxidation sites excluding steroid dienone is 1. The summed E-state index contributed by atoms with van der Waals surface area (Å²) < 4.78 is 77.4. The summed E-state index contributed by atoms with van der Waals surface area (Å²) in [5, 5.41) is 8.12. The zero-order chi connectivity index (χ0) is 26.2. The Morgan fingerprint density at radius 1 is 1.11 bits per heavy atom. The molecule has 1 amide bonds. The van der Waals surface area contributed by atoms with Crippen molar-refractivity contribution in [3.8, 4) is 0 Å². The molecular formula is C23H19Cl2F6N3O. The van der Waals surface area contributed by atoms with Gasteiger partial charge in [-0.2, -0.15) is 31.4 Å². The van der Waals surface area contributed by atoms with Gasteiger partial charge in [0.15, 0.2) is 0 Å². The zero-order valence-electron chi connectivity index (χ0n) is 18.2. The second-order valence-corrected chi connectivity index (χ2v) is 9.28. The molecule has 2 aromatic rings. The maximum Gasteiger partial charge on any atom is 0.417 e. The van der Waals surface area contributed by atoms with Gasteiger partial charge in [-0.05, 0) is 48.4 Å². The van der Waals surface area contributed by atoms with Crippen LogP contribution >= 0.6 is 23.2 Å². The van der Waals surface area contributed by atoms with E-state index >= 15 is 0 Å². The molecule has 0 aromatic heterocycles. The van der Waals surface area contributed by atoms with E-state index < -0.39 is 39.8 Å². The van der Waals surface area contributed by atoms with E-state index in [2.05, 4.69) is 17.0 Å². The summed E-state index contributed by atoms with van der Waals surface area (Å²) in [5.74, 6) is -0.549. The number of anilines is 1. The summed E-state index contributed by atoms with van der Waals surface area (Å²) in [6.07, 6.45) is -8.90. The number of benzene rings is 2. The molecule has 0 fully saturated rings. The molecule has 0 saturated carbocycles. The molecule has 188 valence electrons. The summed E-state index contributed by atoms with van der Waals surface area (Å²) in [7, 11) is 0. The van der Waals surface area contributed by atoms with Gasteiger partial charge in [-0.15, -0.1) is 0 Å². The third kappa shape index (κ3) is 6.49. The highest BCUT2D eigenvalue weighted by molar-refractivity contribution is 6.32. The second-order valence-electron chi connectivity index (χ2n) is 8.34. The summed E-state index contributed by atoms with van der Waals surface area (Å²) in [4.78, 5) is 12.5. The molecule has 0 saturated heterocycles. The third-order valence-electron chi connectivity index (χ3n) is 5.30. The molecule has 1 unspecified atom stereocenters. The Hall–Kier alpha value is -2.72. The molecule has 0 bridgehead atoms. The molecule has 4 nitrogen and oxygen atoms in total. The fourth-order valence-corrected chi connectivity index (χ4v) is 4.42. The molecule has 3 rings (SSSR count). The minimum Gasteiger partial charge on any atom is -0.324 e. The third-order valence-corrected chi connectivity index (χ3v) is 5.74. The molecule has 0 aliphatic carbocycles. The molecule has 0 spiro atoms. The van der Waals surface area contributed by atoms with Gasteiger partial charge in [0.1, 0.15) is 6.54 Å². The monoisotopic (exact) mass is 537 g/mol. The first-order valence-corrected chi connectivity index (χ1v) is 10.9. The van der Waals surface area contributed by atoms with Gasteiger partial charge in [-0.1, -0.05) is 42.8 Å². The lowest BCUT2D eigenvalue weighted by atomic mass is 9.79. The topological polar surface area (TPSA) is 44.7 Å². The Bertz CT molecular complexity index is 1160. The fraction of sp³-hybridized carbons (Fsp3) is 0.304. The minimum atomic E-state index is -4.62. The maximum absolute atomic E-state index is 13.1. The Morgan fingerprint density at radius 3 is 2.26 bits per heavy atom. The number of hydrogen-bond acceptors (Lipinski definition) is 3. The Morgan fingerprint density at radius 2 is 1.74 bits per heavy atom. The van der Waals surface area contributed by atoms with E-state index in [1.54, 1.807) is 6.92 Å². The molecule has 35 heavy (non-hydrogen) atoms. The Labute approximate surface area is 207 Å². The average molecular weight is 538 g/mol. The molecule has 1 heterocycles. The van der Waals surface area contributed by atoms with E-state index in [0.29, 0.717) is 11.3 Å². The van der Waals surface area contributed by atoms with Crippen molar-refractivity contribution in [1.82, 2.24) is 5.01 Å². The van der Waals surface area contributed by atoms with E-state index in [4.69, 9.17) is 23.2 Å². The van der Waals surface area contributed by atoms with Crippen LogP contribution in [-0.4, -0.2) is 29.7 Å². The van der Waals surface area contributed by atoms with Gasteiger partial charge >= 0.3 is 12.4 Å². The summed E-state index contributed by atoms with van der Waals surface area (Å²) >= 11 is 11.9. The molecular weight excluding hydrogens is 519 g/mol. The van der Waals surface area contributed by atoms with Gasteiger partial charge < -0.3 is 5.32 Å². The number of amides is 1. The largest absolute Gasteiger partial charge is 0.417 e. The van der Waals surface area contributed by atoms with Crippen molar-refractivity contribution < 1.29 is 31.1 Å². The minimum absolute atomic E-state index is 0.165. The highest BCUT2D eigenvalue weighted by Gasteiger charge is 2.41. The number of nitrogens with one attached hydrogen (secondary N) is 1. The molecule has 1 aliphatic heterocycles. The van der Waals surface area contributed by atoms with Gasteiger partial charge in [0, 0.05) is 22.7 Å². The average Bonchev–Trinajstić information content (AvgIpc) is 3.01. The molecule has 1 aliphatic rings. The number of halogens is 8. The number of hydrazone groups is 1. The molecule has 1 atom stereocenters. The van der Waals surface area contributed by atoms with Crippen molar-refractivity contribution in [1.29, 1.82) is 0 Å². The van der Waals surface area contributed by atoms with Crippen molar-refractivity contribution in [3.05, 3.63) is 75.8 Å². The normalized spacial score (nSPS) is 18.4. The van der Waals surface area contributed by atoms with Crippen LogP contribution in [0.3, 0.4) is 0 Å². The first-order valence-electron chi connectivity index (χ1n) is 10.1.